The number of fused-ring (bicyclic) bond motifs is 1. The molecule has 1 aromatic heterocycles. The Morgan fingerprint density at radius 3 is 2.59 bits per heavy atom. The fourth-order valence-electron chi connectivity index (χ4n) is 3.11. The number of carbonyl (C=O) groups is 2. The Kier molecular flexibility index (Phi) is 5.18. The van der Waals surface area contributed by atoms with E-state index < -0.39 is 0 Å². The lowest BCUT2D eigenvalue weighted by atomic mass is 9.99. The number of rotatable bonds is 5. The van der Waals surface area contributed by atoms with Crippen molar-refractivity contribution in [1.82, 2.24) is 4.98 Å². The van der Waals surface area contributed by atoms with Gasteiger partial charge in [-0.25, -0.2) is 4.98 Å². The standard InChI is InChI=1S/C21H19N3O4S/c1-27-15-8-14(9-16(10-15)28-2)20(26)24-21-23-18(11-29-21)13-3-5-17-12(7-13)4-6-19(25)22-17/h3,5,7-11H,4,6H2,1-2H3,(H,22,25)(H,23,24,26). The van der Waals surface area contributed by atoms with Crippen LogP contribution in [0.4, 0.5) is 10.8 Å². The minimum Gasteiger partial charge on any atom is -0.497 e. The van der Waals surface area contributed by atoms with Gasteiger partial charge in [0.1, 0.15) is 11.5 Å². The molecule has 3 aromatic rings. The first-order valence-corrected chi connectivity index (χ1v) is 9.87. The van der Waals surface area contributed by atoms with Gasteiger partial charge in [-0.05, 0) is 36.2 Å². The first-order valence-electron chi connectivity index (χ1n) is 8.99. The molecule has 0 saturated carbocycles. The van der Waals surface area contributed by atoms with Gasteiger partial charge in [0.15, 0.2) is 5.13 Å². The summed E-state index contributed by atoms with van der Waals surface area (Å²) in [5.74, 6) is 0.820. The smallest absolute Gasteiger partial charge is 0.257 e. The van der Waals surface area contributed by atoms with Crippen LogP contribution in [0.1, 0.15) is 22.3 Å². The van der Waals surface area contributed by atoms with Crippen molar-refractivity contribution in [3.63, 3.8) is 0 Å². The molecule has 148 valence electrons. The average Bonchev–Trinajstić information content (AvgIpc) is 3.21. The lowest BCUT2D eigenvalue weighted by Gasteiger charge is -2.17. The van der Waals surface area contributed by atoms with E-state index in [9.17, 15) is 9.59 Å². The van der Waals surface area contributed by atoms with E-state index in [0.29, 0.717) is 35.0 Å². The minimum atomic E-state index is -0.295. The maximum absolute atomic E-state index is 12.6. The highest BCUT2D eigenvalue weighted by molar-refractivity contribution is 7.14. The number of methoxy groups -OCH3 is 2. The summed E-state index contributed by atoms with van der Waals surface area (Å²) in [6.07, 6.45) is 1.19. The molecule has 2 heterocycles. The van der Waals surface area contributed by atoms with Crippen LogP contribution in [0.3, 0.4) is 0 Å². The number of aromatic nitrogens is 1. The zero-order valence-corrected chi connectivity index (χ0v) is 16.8. The highest BCUT2D eigenvalue weighted by Gasteiger charge is 2.17. The quantitative estimate of drug-likeness (QED) is 0.666. The van der Waals surface area contributed by atoms with Crippen LogP contribution in [0, 0.1) is 0 Å². The van der Waals surface area contributed by atoms with Crippen LogP contribution >= 0.6 is 11.3 Å². The van der Waals surface area contributed by atoms with Crippen LogP contribution in [0.5, 0.6) is 11.5 Å². The number of hydrogen-bond donors (Lipinski definition) is 2. The molecular weight excluding hydrogens is 390 g/mol. The number of thiazole rings is 1. The monoisotopic (exact) mass is 409 g/mol. The zero-order valence-electron chi connectivity index (χ0n) is 15.9. The van der Waals surface area contributed by atoms with Crippen molar-refractivity contribution in [2.75, 3.05) is 24.9 Å². The molecule has 1 aliphatic rings. The van der Waals surface area contributed by atoms with Gasteiger partial charge < -0.3 is 14.8 Å². The van der Waals surface area contributed by atoms with Crippen LogP contribution in [0.2, 0.25) is 0 Å². The Bertz CT molecular complexity index is 1070. The molecule has 0 spiro atoms. The molecule has 2 aromatic carbocycles. The normalized spacial score (nSPS) is 12.7. The van der Waals surface area contributed by atoms with Gasteiger partial charge in [-0.2, -0.15) is 0 Å². The summed E-state index contributed by atoms with van der Waals surface area (Å²) in [6, 6.07) is 10.8. The van der Waals surface area contributed by atoms with Crippen LogP contribution in [0.25, 0.3) is 11.3 Å². The second kappa shape index (κ2) is 7.92. The molecule has 2 N–H and O–H groups in total. The fraction of sp³-hybridized carbons (Fsp3) is 0.190. The SMILES string of the molecule is COc1cc(OC)cc(C(=O)Nc2nc(-c3ccc4c(c3)CCC(=O)N4)cs2)c1. The number of carbonyl (C=O) groups excluding carboxylic acids is 2. The number of amides is 2. The Balaban J connectivity index is 1.53. The number of anilines is 2. The van der Waals surface area contributed by atoms with E-state index in [4.69, 9.17) is 9.47 Å². The Morgan fingerprint density at radius 1 is 1.10 bits per heavy atom. The highest BCUT2D eigenvalue weighted by atomic mass is 32.1. The number of hydrogen-bond acceptors (Lipinski definition) is 6. The molecule has 0 fully saturated rings. The third kappa shape index (κ3) is 4.07. The summed E-state index contributed by atoms with van der Waals surface area (Å²) in [7, 11) is 3.07. The minimum absolute atomic E-state index is 0.0399. The topological polar surface area (TPSA) is 89.6 Å². The van der Waals surface area contributed by atoms with Crippen LogP contribution in [0.15, 0.2) is 41.8 Å². The van der Waals surface area contributed by atoms with Crippen LogP contribution < -0.4 is 20.1 Å². The van der Waals surface area contributed by atoms with Gasteiger partial charge in [0, 0.05) is 34.7 Å². The number of aryl methyl sites for hydroxylation is 1. The van der Waals surface area contributed by atoms with E-state index in [-0.39, 0.29) is 11.8 Å². The van der Waals surface area contributed by atoms with Gasteiger partial charge in [0.2, 0.25) is 5.91 Å². The highest BCUT2D eigenvalue weighted by Crippen LogP contribution is 2.31. The average molecular weight is 409 g/mol. The molecule has 0 saturated heterocycles. The van der Waals surface area contributed by atoms with E-state index >= 15 is 0 Å². The van der Waals surface area contributed by atoms with Crippen molar-refractivity contribution >= 4 is 34.0 Å². The predicted molar refractivity (Wildman–Crippen MR) is 112 cm³/mol. The van der Waals surface area contributed by atoms with Gasteiger partial charge in [0.25, 0.3) is 5.91 Å². The van der Waals surface area contributed by atoms with Crippen molar-refractivity contribution in [3.8, 4) is 22.8 Å². The molecule has 0 aliphatic carbocycles. The van der Waals surface area contributed by atoms with Crippen LogP contribution in [-0.4, -0.2) is 31.0 Å². The molecule has 29 heavy (non-hydrogen) atoms. The second-order valence-corrected chi connectivity index (χ2v) is 7.37. The van der Waals surface area contributed by atoms with E-state index in [1.807, 2.05) is 23.6 Å². The Labute approximate surface area is 171 Å². The molecule has 0 bridgehead atoms. The first-order chi connectivity index (χ1) is 14.1. The molecule has 2 amide bonds. The first kappa shape index (κ1) is 18.9. The molecule has 4 rings (SSSR count). The van der Waals surface area contributed by atoms with Crippen molar-refractivity contribution in [1.29, 1.82) is 0 Å². The zero-order chi connectivity index (χ0) is 20.4. The van der Waals surface area contributed by atoms with Gasteiger partial charge >= 0.3 is 0 Å². The van der Waals surface area contributed by atoms with E-state index in [1.54, 1.807) is 18.2 Å². The second-order valence-electron chi connectivity index (χ2n) is 6.51. The summed E-state index contributed by atoms with van der Waals surface area (Å²) in [5, 5.41) is 8.08. The molecule has 7 nitrogen and oxygen atoms in total. The molecule has 1 aliphatic heterocycles. The molecule has 0 atom stereocenters. The summed E-state index contributed by atoms with van der Waals surface area (Å²) >= 11 is 1.35. The number of benzene rings is 2. The molecule has 8 heteroatoms. The van der Waals surface area contributed by atoms with Gasteiger partial charge in [-0.1, -0.05) is 6.07 Å². The van der Waals surface area contributed by atoms with Gasteiger partial charge in [-0.3, -0.25) is 14.9 Å². The molecule has 0 unspecified atom stereocenters. The van der Waals surface area contributed by atoms with E-state index in [2.05, 4.69) is 15.6 Å². The van der Waals surface area contributed by atoms with Crippen molar-refractivity contribution in [2.24, 2.45) is 0 Å². The lowest BCUT2D eigenvalue weighted by Crippen LogP contribution is -2.18. The third-order valence-corrected chi connectivity index (χ3v) is 5.39. The van der Waals surface area contributed by atoms with Gasteiger partial charge in [-0.15, -0.1) is 11.3 Å². The maximum atomic E-state index is 12.6. The van der Waals surface area contributed by atoms with Crippen molar-refractivity contribution < 1.29 is 19.1 Å². The Hall–Kier alpha value is -3.39. The summed E-state index contributed by atoms with van der Waals surface area (Å²) in [6.45, 7) is 0. The van der Waals surface area contributed by atoms with E-state index in [0.717, 1.165) is 22.5 Å². The van der Waals surface area contributed by atoms with Crippen LogP contribution in [-0.2, 0) is 11.2 Å². The largest absolute Gasteiger partial charge is 0.497 e. The van der Waals surface area contributed by atoms with Crippen molar-refractivity contribution in [3.05, 3.63) is 52.9 Å². The Morgan fingerprint density at radius 2 is 1.86 bits per heavy atom. The maximum Gasteiger partial charge on any atom is 0.257 e. The number of nitrogens with one attached hydrogen (secondary N) is 2. The summed E-state index contributed by atoms with van der Waals surface area (Å²) in [4.78, 5) is 28.7. The van der Waals surface area contributed by atoms with E-state index in [1.165, 1.54) is 25.6 Å². The molecule has 0 radical (unpaired) electrons. The summed E-state index contributed by atoms with van der Waals surface area (Å²) in [5.41, 5.74) is 4.07. The molecular formula is C21H19N3O4S. The predicted octanol–water partition coefficient (Wildman–Crippen LogP) is 3.96. The van der Waals surface area contributed by atoms with Crippen molar-refractivity contribution in [2.45, 2.75) is 12.8 Å². The summed E-state index contributed by atoms with van der Waals surface area (Å²) < 4.78 is 10.4. The third-order valence-electron chi connectivity index (χ3n) is 4.63. The lowest BCUT2D eigenvalue weighted by molar-refractivity contribution is -0.116. The fourth-order valence-corrected chi connectivity index (χ4v) is 3.83. The number of ether oxygens (including phenoxy) is 2. The number of nitrogens with zero attached hydrogens (tertiary/aromatic N) is 1. The van der Waals surface area contributed by atoms with Gasteiger partial charge in [0.05, 0.1) is 19.9 Å².